The molecule has 0 fully saturated rings. The summed E-state index contributed by atoms with van der Waals surface area (Å²) in [5, 5.41) is 8.04. The molecule has 18 heavy (non-hydrogen) atoms. The molecular formula is C15H27N3. The molecule has 0 aromatic carbocycles. The van der Waals surface area contributed by atoms with Gasteiger partial charge >= 0.3 is 0 Å². The normalized spacial score (nSPS) is 12.7. The molecule has 0 amide bonds. The van der Waals surface area contributed by atoms with E-state index in [4.69, 9.17) is 0 Å². The van der Waals surface area contributed by atoms with Crippen LogP contribution in [0.2, 0.25) is 0 Å². The van der Waals surface area contributed by atoms with Crippen molar-refractivity contribution in [1.29, 1.82) is 0 Å². The van der Waals surface area contributed by atoms with Crippen molar-refractivity contribution in [2.45, 2.75) is 52.5 Å². The highest BCUT2D eigenvalue weighted by Crippen LogP contribution is 2.16. The van der Waals surface area contributed by atoms with Gasteiger partial charge in [-0.25, -0.2) is 0 Å². The molecule has 1 aromatic heterocycles. The lowest BCUT2D eigenvalue weighted by molar-refractivity contribution is 0.467. The molecule has 1 N–H and O–H groups in total. The molecule has 1 aromatic rings. The van der Waals surface area contributed by atoms with E-state index >= 15 is 0 Å². The van der Waals surface area contributed by atoms with Gasteiger partial charge in [-0.15, -0.1) is 6.58 Å². The quantitative estimate of drug-likeness (QED) is 0.718. The van der Waals surface area contributed by atoms with E-state index in [1.807, 2.05) is 17.8 Å². The van der Waals surface area contributed by atoms with Crippen molar-refractivity contribution in [3.63, 3.8) is 0 Å². The third-order valence-corrected chi connectivity index (χ3v) is 3.61. The first-order valence-electron chi connectivity index (χ1n) is 6.93. The molecule has 0 saturated carbocycles. The van der Waals surface area contributed by atoms with Gasteiger partial charge in [0.2, 0.25) is 0 Å². The Morgan fingerprint density at radius 2 is 2.11 bits per heavy atom. The van der Waals surface area contributed by atoms with E-state index in [1.54, 1.807) is 0 Å². The third-order valence-electron chi connectivity index (χ3n) is 3.61. The summed E-state index contributed by atoms with van der Waals surface area (Å²) in [5.41, 5.74) is 3.89. The Morgan fingerprint density at radius 1 is 1.39 bits per heavy atom. The summed E-state index contributed by atoms with van der Waals surface area (Å²) in [6, 6.07) is 0.590. The molecule has 0 bridgehead atoms. The summed E-state index contributed by atoms with van der Waals surface area (Å²) in [6.45, 7) is 11.3. The lowest BCUT2D eigenvalue weighted by Gasteiger charge is -2.17. The summed E-state index contributed by atoms with van der Waals surface area (Å²) in [7, 11) is 2.02. The van der Waals surface area contributed by atoms with Gasteiger partial charge in [0.25, 0.3) is 0 Å². The second-order valence-corrected chi connectivity index (χ2v) is 4.93. The lowest BCUT2D eigenvalue weighted by Crippen LogP contribution is -2.29. The van der Waals surface area contributed by atoms with Gasteiger partial charge in [-0.2, -0.15) is 5.10 Å². The Kier molecular flexibility index (Phi) is 6.13. The second-order valence-electron chi connectivity index (χ2n) is 4.93. The van der Waals surface area contributed by atoms with Gasteiger partial charge in [0, 0.05) is 18.8 Å². The average molecular weight is 249 g/mol. The van der Waals surface area contributed by atoms with E-state index in [2.05, 4.69) is 37.8 Å². The van der Waals surface area contributed by atoms with Crippen LogP contribution in [0.5, 0.6) is 0 Å². The van der Waals surface area contributed by atoms with Crippen molar-refractivity contribution in [3.05, 3.63) is 29.6 Å². The molecule has 0 aliphatic rings. The molecule has 3 heteroatoms. The summed E-state index contributed by atoms with van der Waals surface area (Å²) >= 11 is 0. The molecule has 1 atom stereocenters. The Bertz CT molecular complexity index is 379. The van der Waals surface area contributed by atoms with Crippen LogP contribution in [0, 0.1) is 13.8 Å². The SMILES string of the molecule is C=CCCC(CCc1c(C)nn(C)c1C)NCC. The number of hydrogen-bond acceptors (Lipinski definition) is 2. The van der Waals surface area contributed by atoms with Gasteiger partial charge in [-0.3, -0.25) is 4.68 Å². The van der Waals surface area contributed by atoms with Crippen LogP contribution >= 0.6 is 0 Å². The molecular weight excluding hydrogens is 222 g/mol. The molecule has 0 aliphatic heterocycles. The van der Waals surface area contributed by atoms with Crippen LogP contribution in [0.4, 0.5) is 0 Å². The van der Waals surface area contributed by atoms with Crippen LogP contribution in [0.3, 0.4) is 0 Å². The van der Waals surface area contributed by atoms with Crippen molar-refractivity contribution in [1.82, 2.24) is 15.1 Å². The molecule has 3 nitrogen and oxygen atoms in total. The Labute approximate surface area is 111 Å². The summed E-state index contributed by atoms with van der Waals surface area (Å²) < 4.78 is 1.98. The highest BCUT2D eigenvalue weighted by Gasteiger charge is 2.12. The third kappa shape index (κ3) is 3.98. The van der Waals surface area contributed by atoms with Gasteiger partial charge in [-0.1, -0.05) is 13.0 Å². The maximum atomic E-state index is 4.48. The van der Waals surface area contributed by atoms with Crippen molar-refractivity contribution >= 4 is 0 Å². The van der Waals surface area contributed by atoms with E-state index in [0.29, 0.717) is 6.04 Å². The fourth-order valence-corrected chi connectivity index (χ4v) is 2.45. The number of rotatable bonds is 8. The monoisotopic (exact) mass is 249 g/mol. The molecule has 0 aliphatic carbocycles. The van der Waals surface area contributed by atoms with E-state index in [0.717, 1.165) is 19.4 Å². The molecule has 1 rings (SSSR count). The zero-order valence-corrected chi connectivity index (χ0v) is 12.3. The highest BCUT2D eigenvalue weighted by molar-refractivity contribution is 5.24. The predicted octanol–water partition coefficient (Wildman–Crippen LogP) is 2.91. The number of nitrogens with zero attached hydrogens (tertiary/aromatic N) is 2. The highest BCUT2D eigenvalue weighted by atomic mass is 15.3. The van der Waals surface area contributed by atoms with E-state index in [1.165, 1.54) is 29.8 Å². The zero-order valence-electron chi connectivity index (χ0n) is 12.3. The summed E-state index contributed by atoms with van der Waals surface area (Å²) in [4.78, 5) is 0. The van der Waals surface area contributed by atoms with Gasteiger partial charge in [0.05, 0.1) is 5.69 Å². The molecule has 0 spiro atoms. The number of aryl methyl sites for hydroxylation is 2. The maximum absolute atomic E-state index is 4.48. The van der Waals surface area contributed by atoms with E-state index < -0.39 is 0 Å². The summed E-state index contributed by atoms with van der Waals surface area (Å²) in [6.07, 6.45) is 6.55. The lowest BCUT2D eigenvalue weighted by atomic mass is 10.0. The first-order chi connectivity index (χ1) is 8.60. The minimum Gasteiger partial charge on any atom is -0.314 e. The van der Waals surface area contributed by atoms with E-state index in [9.17, 15) is 0 Å². The molecule has 102 valence electrons. The number of hydrogen-bond donors (Lipinski definition) is 1. The molecule has 1 unspecified atom stereocenters. The topological polar surface area (TPSA) is 29.9 Å². The van der Waals surface area contributed by atoms with Crippen LogP contribution in [0.15, 0.2) is 12.7 Å². The van der Waals surface area contributed by atoms with Gasteiger partial charge < -0.3 is 5.32 Å². The first kappa shape index (κ1) is 15.0. The Balaban J connectivity index is 2.57. The van der Waals surface area contributed by atoms with Crippen molar-refractivity contribution < 1.29 is 0 Å². The fourth-order valence-electron chi connectivity index (χ4n) is 2.45. The molecule has 1 heterocycles. The maximum Gasteiger partial charge on any atom is 0.0628 e. The van der Waals surface area contributed by atoms with Gasteiger partial charge in [0.1, 0.15) is 0 Å². The number of nitrogens with one attached hydrogen (secondary N) is 1. The van der Waals surface area contributed by atoms with Crippen molar-refractivity contribution in [3.8, 4) is 0 Å². The van der Waals surface area contributed by atoms with Crippen LogP contribution in [0.25, 0.3) is 0 Å². The minimum absolute atomic E-state index is 0.590. The number of allylic oxidation sites excluding steroid dienone is 1. The molecule has 0 saturated heterocycles. The first-order valence-corrected chi connectivity index (χ1v) is 6.93. The second kappa shape index (κ2) is 7.37. The number of aromatic nitrogens is 2. The Hall–Kier alpha value is -1.09. The Morgan fingerprint density at radius 3 is 2.61 bits per heavy atom. The van der Waals surface area contributed by atoms with Crippen LogP contribution in [-0.2, 0) is 13.5 Å². The minimum atomic E-state index is 0.590. The largest absolute Gasteiger partial charge is 0.314 e. The fraction of sp³-hybridized carbons (Fsp3) is 0.667. The molecule has 0 radical (unpaired) electrons. The van der Waals surface area contributed by atoms with Crippen molar-refractivity contribution in [2.24, 2.45) is 7.05 Å². The predicted molar refractivity (Wildman–Crippen MR) is 77.9 cm³/mol. The smallest absolute Gasteiger partial charge is 0.0628 e. The van der Waals surface area contributed by atoms with Crippen LogP contribution in [0.1, 0.15) is 43.1 Å². The van der Waals surface area contributed by atoms with E-state index in [-0.39, 0.29) is 0 Å². The van der Waals surface area contributed by atoms with Crippen molar-refractivity contribution in [2.75, 3.05) is 6.54 Å². The van der Waals surface area contributed by atoms with Crippen LogP contribution in [-0.4, -0.2) is 22.4 Å². The summed E-state index contributed by atoms with van der Waals surface area (Å²) in [5.74, 6) is 0. The average Bonchev–Trinajstić information content (AvgIpc) is 2.58. The van der Waals surface area contributed by atoms with Crippen LogP contribution < -0.4 is 5.32 Å². The van der Waals surface area contributed by atoms with Gasteiger partial charge in [-0.05, 0) is 51.6 Å². The zero-order chi connectivity index (χ0) is 13.5. The standard InChI is InChI=1S/C15H27N3/c1-6-8-9-14(16-7-2)10-11-15-12(3)17-18(5)13(15)4/h6,14,16H,1,7-11H2,2-5H3. The van der Waals surface area contributed by atoms with Gasteiger partial charge in [0.15, 0.2) is 0 Å².